The molecule has 0 unspecified atom stereocenters. The Morgan fingerprint density at radius 2 is 2.00 bits per heavy atom. The van der Waals surface area contributed by atoms with Gasteiger partial charge in [0.15, 0.2) is 0 Å². The standard InChI is InChI=1S/C11H10INS.ClH/c12-10-3-1-2-8(6-10)11(13)9-4-5-14-7-9;/h1-7,11H,13H2;1H/t11-;/m0./s1. The lowest BCUT2D eigenvalue weighted by Crippen LogP contribution is -2.10. The highest BCUT2D eigenvalue weighted by Gasteiger charge is 2.08. The molecule has 1 heterocycles. The lowest BCUT2D eigenvalue weighted by atomic mass is 10.0. The maximum absolute atomic E-state index is 6.13. The maximum atomic E-state index is 6.13. The van der Waals surface area contributed by atoms with Crippen LogP contribution in [0.5, 0.6) is 0 Å². The van der Waals surface area contributed by atoms with Gasteiger partial charge in [0.2, 0.25) is 0 Å². The van der Waals surface area contributed by atoms with E-state index in [0.29, 0.717) is 0 Å². The van der Waals surface area contributed by atoms with Crippen molar-refractivity contribution in [3.8, 4) is 0 Å². The van der Waals surface area contributed by atoms with E-state index in [1.165, 1.54) is 14.7 Å². The SMILES string of the molecule is Cl.N[C@H](c1ccsc1)c1cccc(I)c1. The van der Waals surface area contributed by atoms with Crippen LogP contribution in [0.15, 0.2) is 41.1 Å². The highest BCUT2D eigenvalue weighted by atomic mass is 127. The second kappa shape index (κ2) is 5.84. The molecule has 0 saturated carbocycles. The van der Waals surface area contributed by atoms with Crippen LogP contribution in [-0.2, 0) is 0 Å². The largest absolute Gasteiger partial charge is 0.320 e. The summed E-state index contributed by atoms with van der Waals surface area (Å²) >= 11 is 3.99. The molecule has 0 aliphatic carbocycles. The molecule has 0 saturated heterocycles. The molecule has 2 rings (SSSR count). The fourth-order valence-electron chi connectivity index (χ4n) is 1.34. The molecule has 1 nitrogen and oxygen atoms in total. The topological polar surface area (TPSA) is 26.0 Å². The highest BCUT2D eigenvalue weighted by Crippen LogP contribution is 2.22. The molecule has 0 fully saturated rings. The van der Waals surface area contributed by atoms with Crippen molar-refractivity contribution in [3.05, 3.63) is 55.8 Å². The molecule has 4 heteroatoms. The molecule has 0 aliphatic heterocycles. The van der Waals surface area contributed by atoms with E-state index in [1.54, 1.807) is 11.3 Å². The molecule has 0 radical (unpaired) electrons. The molecule has 0 amide bonds. The number of rotatable bonds is 2. The summed E-state index contributed by atoms with van der Waals surface area (Å²) in [7, 11) is 0. The number of hydrogen-bond acceptors (Lipinski definition) is 2. The highest BCUT2D eigenvalue weighted by molar-refractivity contribution is 14.1. The molecule has 1 aromatic carbocycles. The van der Waals surface area contributed by atoms with E-state index in [9.17, 15) is 0 Å². The first-order valence-corrected chi connectivity index (χ1v) is 6.32. The van der Waals surface area contributed by atoms with Crippen LogP contribution in [0, 0.1) is 3.57 Å². The third kappa shape index (κ3) is 3.17. The Bertz CT molecular complexity index is 416. The number of halogens is 2. The zero-order chi connectivity index (χ0) is 9.97. The van der Waals surface area contributed by atoms with Gasteiger partial charge in [0.25, 0.3) is 0 Å². The van der Waals surface area contributed by atoms with E-state index in [1.807, 2.05) is 6.07 Å². The van der Waals surface area contributed by atoms with Crippen LogP contribution in [0.2, 0.25) is 0 Å². The molecule has 0 spiro atoms. The molecule has 1 aromatic heterocycles. The maximum Gasteiger partial charge on any atom is 0.0560 e. The van der Waals surface area contributed by atoms with Crippen LogP contribution in [0.4, 0.5) is 0 Å². The number of nitrogens with two attached hydrogens (primary N) is 1. The van der Waals surface area contributed by atoms with Gasteiger partial charge in [-0.1, -0.05) is 12.1 Å². The van der Waals surface area contributed by atoms with Gasteiger partial charge in [-0.15, -0.1) is 12.4 Å². The summed E-state index contributed by atoms with van der Waals surface area (Å²) in [5.41, 5.74) is 8.50. The first-order chi connectivity index (χ1) is 6.77. The van der Waals surface area contributed by atoms with E-state index in [2.05, 4.69) is 57.6 Å². The van der Waals surface area contributed by atoms with Gasteiger partial charge in [-0.25, -0.2) is 0 Å². The summed E-state index contributed by atoms with van der Waals surface area (Å²) in [5.74, 6) is 0. The lowest BCUT2D eigenvalue weighted by Gasteiger charge is -2.10. The second-order valence-electron chi connectivity index (χ2n) is 3.09. The Morgan fingerprint density at radius 1 is 1.20 bits per heavy atom. The quantitative estimate of drug-likeness (QED) is 0.818. The van der Waals surface area contributed by atoms with Gasteiger partial charge >= 0.3 is 0 Å². The fourth-order valence-corrected chi connectivity index (χ4v) is 2.61. The molecular formula is C11H11ClINS. The van der Waals surface area contributed by atoms with Gasteiger partial charge in [-0.2, -0.15) is 11.3 Å². The second-order valence-corrected chi connectivity index (χ2v) is 5.12. The van der Waals surface area contributed by atoms with Gasteiger partial charge < -0.3 is 5.73 Å². The Labute approximate surface area is 113 Å². The molecule has 1 atom stereocenters. The minimum absolute atomic E-state index is 0. The summed E-state index contributed by atoms with van der Waals surface area (Å²) in [6.45, 7) is 0. The van der Waals surface area contributed by atoms with Crippen molar-refractivity contribution < 1.29 is 0 Å². The van der Waals surface area contributed by atoms with Crippen LogP contribution in [0.3, 0.4) is 0 Å². The minimum Gasteiger partial charge on any atom is -0.320 e. The van der Waals surface area contributed by atoms with E-state index >= 15 is 0 Å². The summed E-state index contributed by atoms with van der Waals surface area (Å²) in [6.07, 6.45) is 0. The molecule has 80 valence electrons. The van der Waals surface area contributed by atoms with Crippen molar-refractivity contribution in [2.45, 2.75) is 6.04 Å². The average molecular weight is 352 g/mol. The molecule has 2 aromatic rings. The zero-order valence-corrected chi connectivity index (χ0v) is 11.7. The Hall–Kier alpha value is -0.100. The fraction of sp³-hybridized carbons (Fsp3) is 0.0909. The molecule has 15 heavy (non-hydrogen) atoms. The minimum atomic E-state index is 0. The first-order valence-electron chi connectivity index (χ1n) is 4.30. The predicted molar refractivity (Wildman–Crippen MR) is 76.8 cm³/mol. The van der Waals surface area contributed by atoms with Gasteiger partial charge in [-0.3, -0.25) is 0 Å². The van der Waals surface area contributed by atoms with Crippen molar-refractivity contribution in [2.24, 2.45) is 5.73 Å². The van der Waals surface area contributed by atoms with Crippen LogP contribution in [0.25, 0.3) is 0 Å². The van der Waals surface area contributed by atoms with Crippen LogP contribution < -0.4 is 5.73 Å². The first kappa shape index (κ1) is 13.0. The zero-order valence-electron chi connectivity index (χ0n) is 7.89. The number of thiophene rings is 1. The molecule has 2 N–H and O–H groups in total. The summed E-state index contributed by atoms with van der Waals surface area (Å²) in [6, 6.07) is 10.4. The number of hydrogen-bond donors (Lipinski definition) is 1. The van der Waals surface area contributed by atoms with Crippen LogP contribution >= 0.6 is 46.3 Å². The van der Waals surface area contributed by atoms with Crippen molar-refractivity contribution >= 4 is 46.3 Å². The van der Waals surface area contributed by atoms with Crippen molar-refractivity contribution in [2.75, 3.05) is 0 Å². The van der Waals surface area contributed by atoms with Crippen molar-refractivity contribution in [1.29, 1.82) is 0 Å². The van der Waals surface area contributed by atoms with Gasteiger partial charge in [0.05, 0.1) is 6.04 Å². The lowest BCUT2D eigenvalue weighted by molar-refractivity contribution is 0.876. The van der Waals surface area contributed by atoms with Crippen LogP contribution in [-0.4, -0.2) is 0 Å². The summed E-state index contributed by atoms with van der Waals surface area (Å²) in [4.78, 5) is 0. The Balaban J connectivity index is 0.00000112. The molecule has 0 bridgehead atoms. The monoisotopic (exact) mass is 351 g/mol. The van der Waals surface area contributed by atoms with Gasteiger partial charge in [-0.05, 0) is 62.7 Å². The van der Waals surface area contributed by atoms with Gasteiger partial charge in [0, 0.05) is 3.57 Å². The van der Waals surface area contributed by atoms with E-state index < -0.39 is 0 Å². The van der Waals surface area contributed by atoms with Crippen molar-refractivity contribution in [1.82, 2.24) is 0 Å². The third-order valence-corrected chi connectivity index (χ3v) is 3.48. The van der Waals surface area contributed by atoms with E-state index in [0.717, 1.165) is 0 Å². The molecular weight excluding hydrogens is 341 g/mol. The Morgan fingerprint density at radius 3 is 2.60 bits per heavy atom. The third-order valence-electron chi connectivity index (χ3n) is 2.11. The average Bonchev–Trinajstić information content (AvgIpc) is 2.69. The predicted octanol–water partition coefficient (Wildman–Crippen LogP) is 3.82. The smallest absolute Gasteiger partial charge is 0.0560 e. The van der Waals surface area contributed by atoms with E-state index in [-0.39, 0.29) is 18.4 Å². The van der Waals surface area contributed by atoms with Gasteiger partial charge in [0.1, 0.15) is 0 Å². The Kier molecular flexibility index (Phi) is 5.05. The van der Waals surface area contributed by atoms with Crippen molar-refractivity contribution in [3.63, 3.8) is 0 Å². The summed E-state index contributed by atoms with van der Waals surface area (Å²) < 4.78 is 1.23. The normalized spacial score (nSPS) is 11.9. The van der Waals surface area contributed by atoms with E-state index in [4.69, 9.17) is 5.73 Å². The summed E-state index contributed by atoms with van der Waals surface area (Å²) in [5, 5.41) is 4.16. The molecule has 0 aliphatic rings. The van der Waals surface area contributed by atoms with Crippen LogP contribution in [0.1, 0.15) is 17.2 Å². The number of benzene rings is 1.